The topological polar surface area (TPSA) is 142 Å². The second-order valence-corrected chi connectivity index (χ2v) is 16.6. The van der Waals surface area contributed by atoms with Crippen molar-refractivity contribution in [3.05, 3.63) is 0 Å². The molecule has 4 saturated carbocycles. The molecule has 0 aromatic carbocycles. The first-order valence-corrected chi connectivity index (χ1v) is 18.3. The van der Waals surface area contributed by atoms with Crippen molar-refractivity contribution in [3.8, 4) is 0 Å². The first-order chi connectivity index (χ1) is 19.6. The predicted octanol–water partition coefficient (Wildman–Crippen LogP) is 3.63. The summed E-state index contributed by atoms with van der Waals surface area (Å²) in [5.74, 6) is 1.12. The van der Waals surface area contributed by atoms with Gasteiger partial charge in [-0.3, -0.25) is 9.59 Å². The van der Waals surface area contributed by atoms with Crippen LogP contribution < -0.4 is 10.0 Å². The third-order valence-electron chi connectivity index (χ3n) is 12.4. The van der Waals surface area contributed by atoms with Gasteiger partial charge in [0.15, 0.2) is 0 Å². The highest BCUT2D eigenvalue weighted by Crippen LogP contribution is 2.68. The number of esters is 1. The third kappa shape index (κ3) is 6.71. The molecule has 0 saturated heterocycles. The summed E-state index contributed by atoms with van der Waals surface area (Å²) in [6.07, 6.45) is 7.96. The summed E-state index contributed by atoms with van der Waals surface area (Å²) in [5, 5.41) is 26.3. The molecule has 9 nitrogen and oxygen atoms in total. The summed E-state index contributed by atoms with van der Waals surface area (Å²) in [4.78, 5) is 24.9. The monoisotopic (exact) mass is 612 g/mol. The van der Waals surface area contributed by atoms with E-state index in [9.17, 15) is 28.2 Å². The van der Waals surface area contributed by atoms with Crippen LogP contribution in [0.1, 0.15) is 98.8 Å². The number of sulfonamides is 1. The van der Waals surface area contributed by atoms with Gasteiger partial charge in [0.25, 0.3) is 0 Å². The van der Waals surface area contributed by atoms with Crippen molar-refractivity contribution in [1.82, 2.24) is 10.0 Å². The average molecular weight is 613 g/mol. The van der Waals surface area contributed by atoms with E-state index in [-0.39, 0.29) is 83.3 Å². The summed E-state index contributed by atoms with van der Waals surface area (Å²) >= 11 is 0. The number of hydrogen-bond donors (Lipinski definition) is 4. The maximum atomic E-state index is 12.5. The lowest BCUT2D eigenvalue weighted by atomic mass is 9.43. The number of carbonyl (C=O) groups is 2. The van der Waals surface area contributed by atoms with Gasteiger partial charge in [-0.15, -0.1) is 0 Å². The number of aliphatic hydroxyl groups is 2. The summed E-state index contributed by atoms with van der Waals surface area (Å²) in [6, 6.07) is 0. The van der Waals surface area contributed by atoms with E-state index in [1.54, 1.807) is 0 Å². The maximum absolute atomic E-state index is 12.5. The molecule has 4 aliphatic carbocycles. The molecule has 0 spiro atoms. The van der Waals surface area contributed by atoms with E-state index in [4.69, 9.17) is 4.74 Å². The van der Waals surface area contributed by atoms with Crippen LogP contribution in [0.3, 0.4) is 0 Å². The second kappa shape index (κ2) is 13.0. The van der Waals surface area contributed by atoms with Gasteiger partial charge in [-0.05, 0) is 104 Å². The molecular formula is C32H56N2O7S. The Balaban J connectivity index is 1.38. The zero-order chi connectivity index (χ0) is 31.0. The van der Waals surface area contributed by atoms with Crippen molar-refractivity contribution >= 4 is 21.9 Å². The number of carbonyl (C=O) groups excluding carboxylic acids is 2. The van der Waals surface area contributed by atoms with Gasteiger partial charge in [-0.2, -0.15) is 0 Å². The van der Waals surface area contributed by atoms with Crippen LogP contribution >= 0.6 is 0 Å². The Kier molecular flexibility index (Phi) is 10.4. The van der Waals surface area contributed by atoms with Gasteiger partial charge in [0, 0.05) is 19.5 Å². The molecule has 12 atom stereocenters. The Morgan fingerprint density at radius 2 is 1.74 bits per heavy atom. The predicted molar refractivity (Wildman–Crippen MR) is 162 cm³/mol. The molecule has 10 unspecified atom stereocenters. The van der Waals surface area contributed by atoms with E-state index < -0.39 is 22.2 Å². The van der Waals surface area contributed by atoms with Crippen LogP contribution in [0.15, 0.2) is 0 Å². The highest BCUT2D eigenvalue weighted by atomic mass is 32.2. The number of nitrogens with one attached hydrogen (secondary N) is 2. The first-order valence-electron chi connectivity index (χ1n) is 16.4. The SMILES string of the molecule is CCC(C)C(=O)OC1CC[C@@]2(C)C(C1)CC(O)C1C2CC(O)[C@]2(C)C(C(C)CCC(=O)NCCNS(C)(=O)=O)CCC12. The third-order valence-corrected chi connectivity index (χ3v) is 13.2. The molecule has 0 aromatic rings. The number of fused-ring (bicyclic) bond motifs is 5. The first kappa shape index (κ1) is 33.7. The Hall–Kier alpha value is -1.23. The average Bonchev–Trinajstić information content (AvgIpc) is 3.28. The summed E-state index contributed by atoms with van der Waals surface area (Å²) in [7, 11) is -3.28. The van der Waals surface area contributed by atoms with Crippen LogP contribution in [-0.2, 0) is 24.3 Å². The maximum Gasteiger partial charge on any atom is 0.308 e. The minimum atomic E-state index is -3.28. The molecule has 0 bridgehead atoms. The second-order valence-electron chi connectivity index (χ2n) is 14.8. The van der Waals surface area contributed by atoms with Crippen molar-refractivity contribution in [2.75, 3.05) is 19.3 Å². The van der Waals surface area contributed by atoms with E-state index in [0.717, 1.165) is 51.2 Å². The van der Waals surface area contributed by atoms with Gasteiger partial charge in [0.2, 0.25) is 15.9 Å². The van der Waals surface area contributed by atoms with E-state index in [0.29, 0.717) is 19.3 Å². The largest absolute Gasteiger partial charge is 0.462 e. The summed E-state index contributed by atoms with van der Waals surface area (Å²) < 4.78 is 30.7. The molecule has 4 N–H and O–H groups in total. The van der Waals surface area contributed by atoms with E-state index in [1.807, 2.05) is 13.8 Å². The van der Waals surface area contributed by atoms with Crippen LogP contribution in [0.4, 0.5) is 0 Å². The molecule has 1 amide bonds. The van der Waals surface area contributed by atoms with E-state index in [2.05, 4.69) is 30.8 Å². The highest BCUT2D eigenvalue weighted by molar-refractivity contribution is 7.88. The van der Waals surface area contributed by atoms with Crippen LogP contribution in [0.5, 0.6) is 0 Å². The van der Waals surface area contributed by atoms with Crippen molar-refractivity contribution < 1.29 is 33.0 Å². The smallest absolute Gasteiger partial charge is 0.308 e. The molecule has 4 fully saturated rings. The Morgan fingerprint density at radius 3 is 2.40 bits per heavy atom. The highest BCUT2D eigenvalue weighted by Gasteiger charge is 2.65. The van der Waals surface area contributed by atoms with Crippen molar-refractivity contribution in [1.29, 1.82) is 0 Å². The lowest BCUT2D eigenvalue weighted by Crippen LogP contribution is -2.62. The lowest BCUT2D eigenvalue weighted by molar-refractivity contribution is -0.210. The van der Waals surface area contributed by atoms with Crippen molar-refractivity contribution in [2.45, 2.75) is 117 Å². The molecule has 242 valence electrons. The molecule has 0 aromatic heterocycles. The van der Waals surface area contributed by atoms with E-state index >= 15 is 0 Å². The Labute approximate surface area is 253 Å². The fourth-order valence-corrected chi connectivity index (χ4v) is 10.2. The van der Waals surface area contributed by atoms with Crippen LogP contribution in [-0.4, -0.2) is 68.2 Å². The molecule has 0 radical (unpaired) electrons. The van der Waals surface area contributed by atoms with Crippen LogP contribution in [0, 0.1) is 52.3 Å². The van der Waals surface area contributed by atoms with Gasteiger partial charge in [-0.25, -0.2) is 13.1 Å². The standard InChI is InChI=1S/C32H56N2O7S/c1-7-19(2)30(38)41-22-12-13-31(4)21(16-22)17-26(35)29-24-10-9-23(32(24,5)27(36)18-25(29)31)20(3)8-11-28(37)33-14-15-34-42(6,39)40/h19-27,29,34-36H,7-18H2,1-6H3,(H,33,37)/t19?,20?,21?,22?,23?,24?,25?,26?,27?,29?,31-,32+/m0/s1. The molecule has 4 aliphatic rings. The van der Waals surface area contributed by atoms with Gasteiger partial charge in [0.1, 0.15) is 6.10 Å². The lowest BCUT2D eigenvalue weighted by Gasteiger charge is -2.63. The number of aliphatic hydroxyl groups excluding tert-OH is 2. The molecular weight excluding hydrogens is 556 g/mol. The number of hydrogen-bond acceptors (Lipinski definition) is 7. The van der Waals surface area contributed by atoms with Crippen molar-refractivity contribution in [2.24, 2.45) is 52.3 Å². The van der Waals surface area contributed by atoms with Gasteiger partial charge < -0.3 is 20.3 Å². The quantitative estimate of drug-likeness (QED) is 0.206. The molecule has 0 aliphatic heterocycles. The summed E-state index contributed by atoms with van der Waals surface area (Å²) in [6.45, 7) is 11.1. The van der Waals surface area contributed by atoms with E-state index in [1.165, 1.54) is 0 Å². The zero-order valence-electron chi connectivity index (χ0n) is 26.6. The number of rotatable bonds is 11. The summed E-state index contributed by atoms with van der Waals surface area (Å²) in [5.41, 5.74) is -0.289. The van der Waals surface area contributed by atoms with Gasteiger partial charge in [-0.1, -0.05) is 34.6 Å². The fourth-order valence-electron chi connectivity index (χ4n) is 9.76. The molecule has 4 rings (SSSR count). The molecule has 10 heteroatoms. The van der Waals surface area contributed by atoms with Gasteiger partial charge >= 0.3 is 5.97 Å². The van der Waals surface area contributed by atoms with Crippen LogP contribution in [0.2, 0.25) is 0 Å². The number of ether oxygens (including phenoxy) is 1. The van der Waals surface area contributed by atoms with Crippen molar-refractivity contribution in [3.63, 3.8) is 0 Å². The Morgan fingerprint density at radius 1 is 1.02 bits per heavy atom. The van der Waals surface area contributed by atoms with Crippen LogP contribution in [0.25, 0.3) is 0 Å². The zero-order valence-corrected chi connectivity index (χ0v) is 27.4. The van der Waals surface area contributed by atoms with Gasteiger partial charge in [0.05, 0.1) is 24.4 Å². The Bertz CT molecular complexity index is 1080. The minimum absolute atomic E-state index is 0.0131. The number of amides is 1. The minimum Gasteiger partial charge on any atom is -0.462 e. The fraction of sp³-hybridized carbons (Fsp3) is 0.938. The molecule has 42 heavy (non-hydrogen) atoms. The molecule has 0 heterocycles. The normalized spacial score (nSPS) is 41.1.